The fourth-order valence-corrected chi connectivity index (χ4v) is 8.23. The average Bonchev–Trinajstić information content (AvgIpc) is 2.84. The summed E-state index contributed by atoms with van der Waals surface area (Å²) in [5.74, 6) is 0.791. The van der Waals surface area contributed by atoms with Crippen LogP contribution in [0, 0.1) is 0 Å². The molecular weight excluding hydrogens is 387 g/mol. The third kappa shape index (κ3) is 3.51. The highest BCUT2D eigenvalue weighted by Gasteiger charge is 2.50. The van der Waals surface area contributed by atoms with E-state index in [-0.39, 0.29) is 0 Å². The van der Waals surface area contributed by atoms with Gasteiger partial charge in [-0.25, -0.2) is 0 Å². The maximum Gasteiger partial charge on any atom is 0.151 e. The Morgan fingerprint density at radius 2 is 1.03 bits per heavy atom. The van der Waals surface area contributed by atoms with E-state index in [9.17, 15) is 5.11 Å². The summed E-state index contributed by atoms with van der Waals surface area (Å²) in [7, 11) is -0.679. The molecule has 148 valence electrons. The second kappa shape index (κ2) is 8.98. The molecule has 4 aromatic rings. The highest BCUT2D eigenvalue weighted by atomic mass is 31.2. The van der Waals surface area contributed by atoms with Gasteiger partial charge in [0.05, 0.1) is 7.11 Å². The van der Waals surface area contributed by atoms with Crippen LogP contribution in [0.5, 0.6) is 5.75 Å². The summed E-state index contributed by atoms with van der Waals surface area (Å²) in [5, 5.41) is 15.2. The number of benzene rings is 4. The molecule has 0 aliphatic carbocycles. The van der Waals surface area contributed by atoms with Crippen LogP contribution in [0.25, 0.3) is 5.31 Å². The fourth-order valence-electron chi connectivity index (χ4n) is 3.94. The molecule has 0 heterocycles. The molecule has 0 saturated carbocycles. The van der Waals surface area contributed by atoms with Crippen molar-refractivity contribution in [3.8, 4) is 5.75 Å². The molecule has 0 amide bonds. The molecule has 0 unspecified atom stereocenters. The second-order valence-electron chi connectivity index (χ2n) is 6.92. The lowest BCUT2D eigenvalue weighted by Crippen LogP contribution is -2.32. The minimum atomic E-state index is -2.34. The van der Waals surface area contributed by atoms with Crippen molar-refractivity contribution in [1.29, 1.82) is 0 Å². The number of methoxy groups -OCH3 is 1. The van der Waals surface area contributed by atoms with E-state index in [0.717, 1.165) is 16.6 Å². The number of hydrogen-bond donors (Lipinski definition) is 1. The molecule has 0 fully saturated rings. The highest BCUT2D eigenvalue weighted by Crippen LogP contribution is 2.66. The first-order valence-corrected chi connectivity index (χ1v) is 11.6. The topological polar surface area (TPSA) is 29.5 Å². The molecule has 1 N–H and O–H groups in total. The largest absolute Gasteiger partial charge is 0.511 e. The number of aliphatic hydroxyl groups is 1. The second-order valence-corrected chi connectivity index (χ2v) is 10.3. The molecule has 4 aromatic carbocycles. The molecule has 0 aromatic heterocycles. The van der Waals surface area contributed by atoms with Crippen molar-refractivity contribution in [1.82, 2.24) is 0 Å². The lowest BCUT2D eigenvalue weighted by molar-refractivity contribution is 0.415. The van der Waals surface area contributed by atoms with E-state index >= 15 is 0 Å². The van der Waals surface area contributed by atoms with Crippen LogP contribution in [0.4, 0.5) is 0 Å². The van der Waals surface area contributed by atoms with Crippen molar-refractivity contribution in [3.63, 3.8) is 0 Å². The Balaban J connectivity index is 2.08. The lowest BCUT2D eigenvalue weighted by Gasteiger charge is -2.29. The van der Waals surface area contributed by atoms with Gasteiger partial charge in [0.15, 0.2) is 5.31 Å². The predicted octanol–water partition coefficient (Wildman–Crippen LogP) is 5.55. The van der Waals surface area contributed by atoms with Crippen LogP contribution in [0.1, 0.15) is 5.56 Å². The zero-order chi connectivity index (χ0) is 20.8. The number of aliphatic hydroxyl groups excluding tert-OH is 1. The van der Waals surface area contributed by atoms with Gasteiger partial charge in [-0.1, -0.05) is 54.6 Å². The van der Waals surface area contributed by atoms with Crippen molar-refractivity contribution < 1.29 is 9.84 Å². The molecule has 4 rings (SSSR count). The molecule has 0 bridgehead atoms. The quantitative estimate of drug-likeness (QED) is 0.333. The monoisotopic (exact) mass is 411 g/mol. The normalized spacial score (nSPS) is 11.8. The fraction of sp³-hybridized carbons (Fsp3) is 0.0370. The summed E-state index contributed by atoms with van der Waals surface area (Å²) in [5.41, 5.74) is 0.975. The predicted molar refractivity (Wildman–Crippen MR) is 129 cm³/mol. The van der Waals surface area contributed by atoms with Gasteiger partial charge in [0.25, 0.3) is 0 Å². The first kappa shape index (κ1) is 19.9. The molecule has 0 aliphatic heterocycles. The van der Waals surface area contributed by atoms with Crippen LogP contribution in [0.2, 0.25) is 0 Å². The summed E-state index contributed by atoms with van der Waals surface area (Å²) in [6.45, 7) is 0. The molecule has 0 spiro atoms. The van der Waals surface area contributed by atoms with Gasteiger partial charge in [-0.15, -0.1) is 0 Å². The third-order valence-electron chi connectivity index (χ3n) is 5.30. The van der Waals surface area contributed by atoms with Crippen LogP contribution in [0.15, 0.2) is 122 Å². The van der Waals surface area contributed by atoms with Crippen LogP contribution in [-0.2, 0) is 0 Å². The van der Waals surface area contributed by atoms with Crippen LogP contribution >= 0.6 is 7.26 Å². The number of ether oxygens (including phenoxy) is 1. The standard InChI is InChI=1S/C27H23O2P/c1-29-23-19-17-22(18-20-23)27(21-28)30(24-11-5-2-6-12-24,25-13-7-3-8-14-25)26-15-9-4-10-16-26/h2-21H,1H3/p+1/b27-21+. The van der Waals surface area contributed by atoms with Crippen LogP contribution in [-0.4, -0.2) is 12.2 Å². The van der Waals surface area contributed by atoms with E-state index < -0.39 is 7.26 Å². The Morgan fingerprint density at radius 3 is 1.37 bits per heavy atom. The highest BCUT2D eigenvalue weighted by molar-refractivity contribution is 8.03. The van der Waals surface area contributed by atoms with E-state index in [0.29, 0.717) is 0 Å². The molecule has 0 radical (unpaired) electrons. The van der Waals surface area contributed by atoms with Gasteiger partial charge in [-0.3, -0.25) is 0 Å². The first-order valence-electron chi connectivity index (χ1n) is 9.86. The van der Waals surface area contributed by atoms with Gasteiger partial charge in [0.1, 0.15) is 35.2 Å². The van der Waals surface area contributed by atoms with Crippen LogP contribution < -0.4 is 20.7 Å². The van der Waals surface area contributed by atoms with Crippen molar-refractivity contribution in [2.45, 2.75) is 0 Å². The Labute approximate surface area is 178 Å². The summed E-state index contributed by atoms with van der Waals surface area (Å²) in [6.07, 6.45) is 1.29. The number of hydrogen-bond acceptors (Lipinski definition) is 2. The van der Waals surface area contributed by atoms with Crippen molar-refractivity contribution in [2.75, 3.05) is 7.11 Å². The number of rotatable bonds is 6. The maximum absolute atomic E-state index is 10.7. The minimum absolute atomic E-state index is 0.791. The summed E-state index contributed by atoms with van der Waals surface area (Å²) in [6, 6.07) is 39.4. The Kier molecular flexibility index (Phi) is 5.97. The van der Waals surface area contributed by atoms with Crippen molar-refractivity contribution in [2.24, 2.45) is 0 Å². The average molecular weight is 411 g/mol. The first-order chi connectivity index (χ1) is 14.8. The minimum Gasteiger partial charge on any atom is -0.511 e. The SMILES string of the molecule is COc1ccc(/C(=C\O)[P+](c2ccccc2)(c2ccccc2)c2ccccc2)cc1. The molecule has 3 heteroatoms. The van der Waals surface area contributed by atoms with E-state index in [2.05, 4.69) is 72.8 Å². The van der Waals surface area contributed by atoms with E-state index in [1.807, 2.05) is 42.5 Å². The molecule has 0 saturated heterocycles. The van der Waals surface area contributed by atoms with Crippen molar-refractivity contribution >= 4 is 28.5 Å². The molecular formula is C27H24O2P+. The van der Waals surface area contributed by atoms with Crippen molar-refractivity contribution in [3.05, 3.63) is 127 Å². The molecule has 0 aliphatic rings. The van der Waals surface area contributed by atoms with Gasteiger partial charge >= 0.3 is 0 Å². The molecule has 2 nitrogen and oxygen atoms in total. The van der Waals surface area contributed by atoms with Crippen LogP contribution in [0.3, 0.4) is 0 Å². The maximum atomic E-state index is 10.7. The Morgan fingerprint density at radius 1 is 0.633 bits per heavy atom. The van der Waals surface area contributed by atoms with Gasteiger partial charge in [0.2, 0.25) is 0 Å². The summed E-state index contributed by atoms with van der Waals surface area (Å²) >= 11 is 0. The smallest absolute Gasteiger partial charge is 0.151 e. The zero-order valence-corrected chi connectivity index (χ0v) is 17.7. The Hall–Kier alpha value is -3.35. The van der Waals surface area contributed by atoms with Gasteiger partial charge in [-0.2, -0.15) is 0 Å². The molecule has 0 atom stereocenters. The van der Waals surface area contributed by atoms with E-state index in [4.69, 9.17) is 4.74 Å². The zero-order valence-electron chi connectivity index (χ0n) is 16.8. The molecule has 30 heavy (non-hydrogen) atoms. The summed E-state index contributed by atoms with van der Waals surface area (Å²) in [4.78, 5) is 0. The van der Waals surface area contributed by atoms with E-state index in [1.165, 1.54) is 22.2 Å². The lowest BCUT2D eigenvalue weighted by atomic mass is 10.2. The van der Waals surface area contributed by atoms with Gasteiger partial charge in [-0.05, 0) is 60.7 Å². The Bertz CT molecular complexity index is 1010. The van der Waals surface area contributed by atoms with Gasteiger partial charge < -0.3 is 9.84 Å². The third-order valence-corrected chi connectivity index (χ3v) is 9.61. The van der Waals surface area contributed by atoms with E-state index in [1.54, 1.807) is 7.11 Å². The summed E-state index contributed by atoms with van der Waals surface area (Å²) < 4.78 is 5.35. The van der Waals surface area contributed by atoms with Gasteiger partial charge in [0, 0.05) is 5.56 Å².